The van der Waals surface area contributed by atoms with Gasteiger partial charge in [0.05, 0.1) is 5.69 Å². The number of rotatable bonds is 4. The highest BCUT2D eigenvalue weighted by Gasteiger charge is 2.30. The standard InChI is InChI=1S/C25H34N2O.C2H6/c1-17-2-4-18(5-3-17)19-6-8-20(9-7-19)21-10-13-23(14-11-21)28-25-15-12-22(26)16-24(25)27;1-2/h10-20H,2-9,26-27H2,1H3;1-2H3. The van der Waals surface area contributed by atoms with Gasteiger partial charge >= 0.3 is 0 Å². The molecule has 4 rings (SSSR count). The highest BCUT2D eigenvalue weighted by molar-refractivity contribution is 5.61. The molecule has 0 aromatic heterocycles. The molecule has 3 heteroatoms. The molecule has 0 unspecified atom stereocenters. The van der Waals surface area contributed by atoms with Crippen molar-refractivity contribution in [1.82, 2.24) is 0 Å². The van der Waals surface area contributed by atoms with Crippen LogP contribution in [0.25, 0.3) is 0 Å². The molecule has 30 heavy (non-hydrogen) atoms. The molecule has 2 aliphatic rings. The highest BCUT2D eigenvalue weighted by Crippen LogP contribution is 2.44. The minimum absolute atomic E-state index is 0.569. The molecule has 2 aromatic rings. The van der Waals surface area contributed by atoms with Crippen LogP contribution in [-0.4, -0.2) is 0 Å². The first-order chi connectivity index (χ1) is 14.6. The van der Waals surface area contributed by atoms with E-state index in [4.69, 9.17) is 16.2 Å². The van der Waals surface area contributed by atoms with Crippen molar-refractivity contribution in [2.75, 3.05) is 11.5 Å². The first-order valence-electron chi connectivity index (χ1n) is 12.0. The molecule has 0 aliphatic heterocycles. The smallest absolute Gasteiger partial charge is 0.150 e. The van der Waals surface area contributed by atoms with E-state index in [1.807, 2.05) is 26.0 Å². The van der Waals surface area contributed by atoms with Gasteiger partial charge in [0, 0.05) is 5.69 Å². The number of anilines is 2. The Kier molecular flexibility index (Phi) is 8.07. The molecule has 2 fully saturated rings. The predicted octanol–water partition coefficient (Wildman–Crippen LogP) is 7.77. The van der Waals surface area contributed by atoms with E-state index in [1.54, 1.807) is 6.07 Å². The molecule has 0 atom stereocenters. The van der Waals surface area contributed by atoms with Crippen LogP contribution in [0.4, 0.5) is 11.4 Å². The Morgan fingerprint density at radius 3 is 1.87 bits per heavy atom. The van der Waals surface area contributed by atoms with Crippen LogP contribution in [0.5, 0.6) is 11.5 Å². The number of nitrogen functional groups attached to an aromatic ring is 2. The molecule has 0 amide bonds. The topological polar surface area (TPSA) is 61.3 Å². The van der Waals surface area contributed by atoms with Gasteiger partial charge in [0.25, 0.3) is 0 Å². The summed E-state index contributed by atoms with van der Waals surface area (Å²) < 4.78 is 5.93. The first kappa shape index (κ1) is 22.5. The Bertz CT molecular complexity index is 770. The van der Waals surface area contributed by atoms with Crippen molar-refractivity contribution in [3.8, 4) is 11.5 Å². The van der Waals surface area contributed by atoms with Gasteiger partial charge in [0.15, 0.2) is 0 Å². The summed E-state index contributed by atoms with van der Waals surface area (Å²) in [7, 11) is 0. The zero-order valence-electron chi connectivity index (χ0n) is 19.1. The van der Waals surface area contributed by atoms with Crippen LogP contribution in [0.1, 0.15) is 83.6 Å². The van der Waals surface area contributed by atoms with E-state index in [2.05, 4.69) is 31.2 Å². The summed E-state index contributed by atoms with van der Waals surface area (Å²) in [6.45, 7) is 6.42. The predicted molar refractivity (Wildman–Crippen MR) is 129 cm³/mol. The van der Waals surface area contributed by atoms with E-state index < -0.39 is 0 Å². The number of hydrogen-bond acceptors (Lipinski definition) is 3. The van der Waals surface area contributed by atoms with E-state index >= 15 is 0 Å². The summed E-state index contributed by atoms with van der Waals surface area (Å²) >= 11 is 0. The van der Waals surface area contributed by atoms with Crippen LogP contribution in [0.15, 0.2) is 42.5 Å². The monoisotopic (exact) mass is 408 g/mol. The van der Waals surface area contributed by atoms with E-state index in [-0.39, 0.29) is 0 Å². The molecule has 164 valence electrons. The van der Waals surface area contributed by atoms with Crippen LogP contribution >= 0.6 is 0 Å². The lowest BCUT2D eigenvalue weighted by molar-refractivity contribution is 0.165. The molecule has 0 spiro atoms. The van der Waals surface area contributed by atoms with Gasteiger partial charge in [0.1, 0.15) is 11.5 Å². The minimum atomic E-state index is 0.569. The molecule has 2 saturated carbocycles. The summed E-state index contributed by atoms with van der Waals surface area (Å²) in [4.78, 5) is 0. The summed E-state index contributed by atoms with van der Waals surface area (Å²) in [6.07, 6.45) is 11.3. The van der Waals surface area contributed by atoms with Crippen molar-refractivity contribution in [3.05, 3.63) is 48.0 Å². The Morgan fingerprint density at radius 1 is 0.733 bits per heavy atom. The molecule has 2 aromatic carbocycles. The van der Waals surface area contributed by atoms with Gasteiger partial charge in [-0.05, 0) is 98.1 Å². The van der Waals surface area contributed by atoms with Crippen LogP contribution < -0.4 is 16.2 Å². The molecule has 0 saturated heterocycles. The van der Waals surface area contributed by atoms with Crippen molar-refractivity contribution < 1.29 is 4.74 Å². The van der Waals surface area contributed by atoms with E-state index in [0.717, 1.165) is 23.5 Å². The third-order valence-corrected chi connectivity index (χ3v) is 7.11. The summed E-state index contributed by atoms with van der Waals surface area (Å²) in [5.74, 6) is 5.11. The van der Waals surface area contributed by atoms with Crippen molar-refractivity contribution in [2.24, 2.45) is 17.8 Å². The Morgan fingerprint density at radius 2 is 1.30 bits per heavy atom. The number of hydrogen-bond donors (Lipinski definition) is 2. The summed E-state index contributed by atoms with van der Waals surface area (Å²) in [6, 6.07) is 14.0. The zero-order valence-corrected chi connectivity index (χ0v) is 19.1. The maximum atomic E-state index is 5.99. The number of ether oxygens (including phenoxy) is 1. The van der Waals surface area contributed by atoms with Crippen LogP contribution in [-0.2, 0) is 0 Å². The number of nitrogens with two attached hydrogens (primary N) is 2. The largest absolute Gasteiger partial charge is 0.455 e. The summed E-state index contributed by atoms with van der Waals surface area (Å²) in [5.41, 5.74) is 14.4. The average molecular weight is 409 g/mol. The second-order valence-corrected chi connectivity index (χ2v) is 9.10. The molecule has 0 radical (unpaired) electrons. The molecular formula is C27H40N2O. The highest BCUT2D eigenvalue weighted by atomic mass is 16.5. The molecule has 3 nitrogen and oxygen atoms in total. The fraction of sp³-hybridized carbons (Fsp3) is 0.556. The summed E-state index contributed by atoms with van der Waals surface area (Å²) in [5, 5.41) is 0. The van der Waals surface area contributed by atoms with Gasteiger partial charge in [-0.2, -0.15) is 0 Å². The van der Waals surface area contributed by atoms with Gasteiger partial charge in [-0.3, -0.25) is 0 Å². The second kappa shape index (κ2) is 10.7. The van der Waals surface area contributed by atoms with Crippen molar-refractivity contribution in [1.29, 1.82) is 0 Å². The Labute approximate surface area is 183 Å². The lowest BCUT2D eigenvalue weighted by Crippen LogP contribution is -2.24. The van der Waals surface area contributed by atoms with E-state index in [0.29, 0.717) is 23.0 Å². The molecule has 2 aliphatic carbocycles. The minimum Gasteiger partial charge on any atom is -0.455 e. The Hall–Kier alpha value is -2.16. The van der Waals surface area contributed by atoms with Crippen LogP contribution in [0, 0.1) is 17.8 Å². The van der Waals surface area contributed by atoms with Crippen molar-refractivity contribution in [3.63, 3.8) is 0 Å². The normalized spacial score (nSPS) is 26.4. The van der Waals surface area contributed by atoms with Crippen LogP contribution in [0.2, 0.25) is 0 Å². The zero-order chi connectivity index (χ0) is 21.5. The van der Waals surface area contributed by atoms with Gasteiger partial charge in [-0.15, -0.1) is 0 Å². The maximum Gasteiger partial charge on any atom is 0.150 e. The molecule has 0 bridgehead atoms. The third-order valence-electron chi connectivity index (χ3n) is 7.11. The number of benzene rings is 2. The SMILES string of the molecule is CC.CC1CCC(C2CCC(c3ccc(Oc4ccc(N)cc4N)cc3)CC2)CC1. The van der Waals surface area contributed by atoms with E-state index in [9.17, 15) is 0 Å². The lowest BCUT2D eigenvalue weighted by atomic mass is 9.68. The molecule has 4 N–H and O–H groups in total. The molecular weight excluding hydrogens is 368 g/mol. The van der Waals surface area contributed by atoms with Gasteiger partial charge in [-0.25, -0.2) is 0 Å². The van der Waals surface area contributed by atoms with Gasteiger partial charge in [0.2, 0.25) is 0 Å². The van der Waals surface area contributed by atoms with Crippen molar-refractivity contribution in [2.45, 2.75) is 78.1 Å². The first-order valence-corrected chi connectivity index (χ1v) is 12.0. The fourth-order valence-corrected chi connectivity index (χ4v) is 5.28. The Balaban J connectivity index is 0.00000124. The van der Waals surface area contributed by atoms with Crippen molar-refractivity contribution >= 4 is 11.4 Å². The van der Waals surface area contributed by atoms with Crippen LogP contribution in [0.3, 0.4) is 0 Å². The maximum absolute atomic E-state index is 5.99. The fourth-order valence-electron chi connectivity index (χ4n) is 5.28. The quantitative estimate of drug-likeness (QED) is 0.508. The van der Waals surface area contributed by atoms with E-state index in [1.165, 1.54) is 56.9 Å². The molecule has 0 heterocycles. The van der Waals surface area contributed by atoms with Gasteiger partial charge < -0.3 is 16.2 Å². The second-order valence-electron chi connectivity index (χ2n) is 9.10. The van der Waals surface area contributed by atoms with Gasteiger partial charge in [-0.1, -0.05) is 45.7 Å². The average Bonchev–Trinajstić information content (AvgIpc) is 2.78. The third kappa shape index (κ3) is 5.71. The lowest BCUT2D eigenvalue weighted by Gasteiger charge is -2.37.